The second kappa shape index (κ2) is 3.32. The van der Waals surface area contributed by atoms with Crippen LogP contribution in [-0.4, -0.2) is 15.3 Å². The minimum absolute atomic E-state index is 0.155. The summed E-state index contributed by atoms with van der Waals surface area (Å²) in [4.78, 5) is 15.7. The third kappa shape index (κ3) is 1.50. The highest BCUT2D eigenvalue weighted by molar-refractivity contribution is 5.93. The molecule has 1 aromatic rings. The van der Waals surface area contributed by atoms with Crippen molar-refractivity contribution < 1.29 is 4.79 Å². The lowest BCUT2D eigenvalue weighted by molar-refractivity contribution is 0.0983. The summed E-state index contributed by atoms with van der Waals surface area (Å²) in [6, 6.07) is 0. The van der Waals surface area contributed by atoms with Crippen molar-refractivity contribution in [3.05, 3.63) is 17.7 Å². The number of hydrogen-bond acceptors (Lipinski definition) is 2. The van der Waals surface area contributed by atoms with Gasteiger partial charge in [-0.1, -0.05) is 6.92 Å². The molecule has 0 aromatic carbocycles. The molecule has 2 rings (SSSR count). The highest BCUT2D eigenvalue weighted by Crippen LogP contribution is 2.15. The molecule has 1 aliphatic rings. The van der Waals surface area contributed by atoms with Crippen LogP contribution in [0, 0.1) is 0 Å². The maximum absolute atomic E-state index is 11.4. The molecule has 13 heavy (non-hydrogen) atoms. The molecule has 0 saturated heterocycles. The second-order valence-electron chi connectivity index (χ2n) is 3.47. The Morgan fingerprint density at radius 2 is 2.46 bits per heavy atom. The standard InChI is InChI=1S/C10H14N2O/c1-2-9(13)8-7-12-6-4-3-5-10(12)11-8/h7H,2-6H2,1H3. The molecule has 0 saturated carbocycles. The predicted octanol–water partition coefficient (Wildman–Crippen LogP) is 1.81. The molecular formula is C10H14N2O. The molecule has 0 atom stereocenters. The average molecular weight is 178 g/mol. The molecule has 3 nitrogen and oxygen atoms in total. The molecule has 1 aromatic heterocycles. The van der Waals surface area contributed by atoms with Gasteiger partial charge in [-0.2, -0.15) is 0 Å². The van der Waals surface area contributed by atoms with Crippen LogP contribution in [0.2, 0.25) is 0 Å². The lowest BCUT2D eigenvalue weighted by atomic mass is 10.2. The lowest BCUT2D eigenvalue weighted by Crippen LogP contribution is -2.08. The van der Waals surface area contributed by atoms with Gasteiger partial charge >= 0.3 is 0 Å². The van der Waals surface area contributed by atoms with Crippen molar-refractivity contribution in [3.8, 4) is 0 Å². The van der Waals surface area contributed by atoms with E-state index in [9.17, 15) is 4.79 Å². The third-order valence-corrected chi connectivity index (χ3v) is 2.52. The molecule has 0 bridgehead atoms. The molecule has 0 N–H and O–H groups in total. The van der Waals surface area contributed by atoms with Gasteiger partial charge in [-0.05, 0) is 12.8 Å². The Labute approximate surface area is 77.8 Å². The zero-order chi connectivity index (χ0) is 9.26. The first-order chi connectivity index (χ1) is 6.31. The Bertz CT molecular complexity index is 304. The maximum atomic E-state index is 11.4. The Kier molecular flexibility index (Phi) is 2.17. The van der Waals surface area contributed by atoms with Gasteiger partial charge in [0, 0.05) is 25.6 Å². The topological polar surface area (TPSA) is 34.9 Å². The summed E-state index contributed by atoms with van der Waals surface area (Å²) in [5, 5.41) is 0. The summed E-state index contributed by atoms with van der Waals surface area (Å²) >= 11 is 0. The number of carbonyl (C=O) groups excluding carboxylic acids is 1. The summed E-state index contributed by atoms with van der Waals surface area (Å²) in [5.74, 6) is 1.24. The molecular weight excluding hydrogens is 164 g/mol. The molecule has 3 heteroatoms. The van der Waals surface area contributed by atoms with Crippen molar-refractivity contribution in [3.63, 3.8) is 0 Å². The van der Waals surface area contributed by atoms with Gasteiger partial charge in [-0.25, -0.2) is 4.98 Å². The monoisotopic (exact) mass is 178 g/mol. The summed E-state index contributed by atoms with van der Waals surface area (Å²) in [7, 11) is 0. The van der Waals surface area contributed by atoms with E-state index in [2.05, 4.69) is 9.55 Å². The Balaban J connectivity index is 2.30. The zero-order valence-corrected chi connectivity index (χ0v) is 7.92. The maximum Gasteiger partial charge on any atom is 0.182 e. The fourth-order valence-electron chi connectivity index (χ4n) is 1.73. The van der Waals surface area contributed by atoms with E-state index in [1.807, 2.05) is 13.1 Å². The number of aryl methyl sites for hydroxylation is 2. The molecule has 1 aliphatic heterocycles. The number of Topliss-reactive ketones (excluding diaryl/α,β-unsaturated/α-hetero) is 1. The fourth-order valence-corrected chi connectivity index (χ4v) is 1.73. The van der Waals surface area contributed by atoms with E-state index in [0.717, 1.165) is 18.8 Å². The molecule has 0 unspecified atom stereocenters. The number of nitrogens with zero attached hydrogens (tertiary/aromatic N) is 2. The first kappa shape index (κ1) is 8.48. The molecule has 0 aliphatic carbocycles. The van der Waals surface area contributed by atoms with Gasteiger partial charge < -0.3 is 4.57 Å². The minimum atomic E-state index is 0.155. The van der Waals surface area contributed by atoms with E-state index in [0.29, 0.717) is 12.1 Å². The highest BCUT2D eigenvalue weighted by atomic mass is 16.1. The van der Waals surface area contributed by atoms with Crippen LogP contribution < -0.4 is 0 Å². The predicted molar refractivity (Wildman–Crippen MR) is 49.8 cm³/mol. The van der Waals surface area contributed by atoms with Crippen LogP contribution in [0.15, 0.2) is 6.20 Å². The van der Waals surface area contributed by atoms with Crippen molar-refractivity contribution in [1.82, 2.24) is 9.55 Å². The minimum Gasteiger partial charge on any atom is -0.334 e. The van der Waals surface area contributed by atoms with Crippen LogP contribution in [0.1, 0.15) is 42.5 Å². The quantitative estimate of drug-likeness (QED) is 0.647. The van der Waals surface area contributed by atoms with Crippen molar-refractivity contribution in [2.45, 2.75) is 39.2 Å². The number of aromatic nitrogens is 2. The van der Waals surface area contributed by atoms with Crippen LogP contribution in [0.25, 0.3) is 0 Å². The smallest absolute Gasteiger partial charge is 0.182 e. The van der Waals surface area contributed by atoms with Gasteiger partial charge in [0.1, 0.15) is 11.5 Å². The fraction of sp³-hybridized carbons (Fsp3) is 0.600. The Hall–Kier alpha value is -1.12. The van der Waals surface area contributed by atoms with Crippen molar-refractivity contribution in [2.75, 3.05) is 0 Å². The van der Waals surface area contributed by atoms with Crippen LogP contribution in [0.3, 0.4) is 0 Å². The molecule has 0 radical (unpaired) electrons. The summed E-state index contributed by atoms with van der Waals surface area (Å²) in [6.07, 6.45) is 5.90. The van der Waals surface area contributed by atoms with Gasteiger partial charge in [0.15, 0.2) is 5.78 Å². The van der Waals surface area contributed by atoms with Gasteiger partial charge in [0.2, 0.25) is 0 Å². The van der Waals surface area contributed by atoms with Crippen molar-refractivity contribution >= 4 is 5.78 Å². The first-order valence-corrected chi connectivity index (χ1v) is 4.90. The third-order valence-electron chi connectivity index (χ3n) is 2.52. The number of fused-ring (bicyclic) bond motifs is 1. The van der Waals surface area contributed by atoms with E-state index >= 15 is 0 Å². The lowest BCUT2D eigenvalue weighted by Gasteiger charge is -2.11. The molecule has 0 fully saturated rings. The highest BCUT2D eigenvalue weighted by Gasteiger charge is 2.14. The van der Waals surface area contributed by atoms with Gasteiger partial charge in [-0.15, -0.1) is 0 Å². The van der Waals surface area contributed by atoms with E-state index in [1.54, 1.807) is 0 Å². The van der Waals surface area contributed by atoms with E-state index in [1.165, 1.54) is 12.8 Å². The van der Waals surface area contributed by atoms with Crippen molar-refractivity contribution in [1.29, 1.82) is 0 Å². The molecule has 70 valence electrons. The van der Waals surface area contributed by atoms with Crippen LogP contribution in [0.5, 0.6) is 0 Å². The number of ketones is 1. The second-order valence-corrected chi connectivity index (χ2v) is 3.47. The molecule has 0 amide bonds. The van der Waals surface area contributed by atoms with Crippen LogP contribution >= 0.6 is 0 Å². The van der Waals surface area contributed by atoms with E-state index in [4.69, 9.17) is 0 Å². The summed E-state index contributed by atoms with van der Waals surface area (Å²) < 4.78 is 2.12. The SMILES string of the molecule is CCC(=O)c1cn2c(n1)CCCC2. The molecule has 2 heterocycles. The average Bonchev–Trinajstić information content (AvgIpc) is 2.59. The van der Waals surface area contributed by atoms with Gasteiger partial charge in [-0.3, -0.25) is 4.79 Å². The van der Waals surface area contributed by atoms with Crippen LogP contribution in [-0.2, 0) is 13.0 Å². The van der Waals surface area contributed by atoms with Crippen LogP contribution in [0.4, 0.5) is 0 Å². The van der Waals surface area contributed by atoms with E-state index < -0.39 is 0 Å². The van der Waals surface area contributed by atoms with Gasteiger partial charge in [0.05, 0.1) is 0 Å². The van der Waals surface area contributed by atoms with Gasteiger partial charge in [0.25, 0.3) is 0 Å². The molecule has 0 spiro atoms. The first-order valence-electron chi connectivity index (χ1n) is 4.90. The number of carbonyl (C=O) groups is 1. The van der Waals surface area contributed by atoms with Crippen molar-refractivity contribution in [2.24, 2.45) is 0 Å². The Morgan fingerprint density at radius 3 is 3.15 bits per heavy atom. The number of hydrogen-bond donors (Lipinski definition) is 0. The number of rotatable bonds is 2. The van der Waals surface area contributed by atoms with E-state index in [-0.39, 0.29) is 5.78 Å². The normalized spacial score (nSPS) is 15.5. The summed E-state index contributed by atoms with van der Waals surface area (Å²) in [6.45, 7) is 2.90. The Morgan fingerprint density at radius 1 is 1.62 bits per heavy atom. The summed E-state index contributed by atoms with van der Waals surface area (Å²) in [5.41, 5.74) is 0.652. The zero-order valence-electron chi connectivity index (χ0n) is 7.92. The largest absolute Gasteiger partial charge is 0.334 e. The number of imidazole rings is 1.